The van der Waals surface area contributed by atoms with E-state index in [0.29, 0.717) is 6.54 Å². The molecule has 1 N–H and O–H groups in total. The standard InChI is InChI=1S/C14H13N5/c1-10-15-7-6-11(18-10)8-17-14-9-16-12-4-2-3-5-13(12)19-14/h2-7,9H,8H2,1H3,(H,17,19). The number of nitrogens with one attached hydrogen (secondary N) is 1. The van der Waals surface area contributed by atoms with E-state index in [0.717, 1.165) is 28.4 Å². The second-order valence-electron chi connectivity index (χ2n) is 4.19. The van der Waals surface area contributed by atoms with Gasteiger partial charge in [-0.05, 0) is 25.1 Å². The molecule has 0 aliphatic rings. The van der Waals surface area contributed by atoms with Crippen molar-refractivity contribution in [3.8, 4) is 0 Å². The van der Waals surface area contributed by atoms with Crippen LogP contribution < -0.4 is 5.32 Å². The zero-order valence-corrected chi connectivity index (χ0v) is 10.5. The van der Waals surface area contributed by atoms with Gasteiger partial charge in [-0.25, -0.2) is 15.0 Å². The average Bonchev–Trinajstić information content (AvgIpc) is 2.45. The van der Waals surface area contributed by atoms with Crippen LogP contribution in [0.3, 0.4) is 0 Å². The van der Waals surface area contributed by atoms with Crippen LogP contribution in [0.1, 0.15) is 11.5 Å². The summed E-state index contributed by atoms with van der Waals surface area (Å²) < 4.78 is 0. The van der Waals surface area contributed by atoms with E-state index < -0.39 is 0 Å². The van der Waals surface area contributed by atoms with Crippen molar-refractivity contribution in [1.82, 2.24) is 19.9 Å². The number of benzene rings is 1. The minimum atomic E-state index is 0.608. The molecule has 0 aliphatic carbocycles. The van der Waals surface area contributed by atoms with E-state index in [1.165, 1.54) is 0 Å². The first-order valence-electron chi connectivity index (χ1n) is 6.05. The molecule has 5 nitrogen and oxygen atoms in total. The summed E-state index contributed by atoms with van der Waals surface area (Å²) in [7, 11) is 0. The van der Waals surface area contributed by atoms with Crippen molar-refractivity contribution in [2.75, 3.05) is 5.32 Å². The molecule has 2 heterocycles. The van der Waals surface area contributed by atoms with Crippen LogP contribution >= 0.6 is 0 Å². The Balaban J connectivity index is 1.78. The molecule has 0 spiro atoms. The summed E-state index contributed by atoms with van der Waals surface area (Å²) in [4.78, 5) is 17.2. The molecule has 2 aromatic heterocycles. The Morgan fingerprint density at radius 3 is 2.68 bits per heavy atom. The Morgan fingerprint density at radius 1 is 1.00 bits per heavy atom. The number of nitrogens with zero attached hydrogens (tertiary/aromatic N) is 4. The maximum Gasteiger partial charge on any atom is 0.145 e. The Hall–Kier alpha value is -2.56. The van der Waals surface area contributed by atoms with Gasteiger partial charge in [-0.2, -0.15) is 0 Å². The molecule has 0 saturated carbocycles. The van der Waals surface area contributed by atoms with E-state index in [9.17, 15) is 0 Å². The number of para-hydroxylation sites is 2. The van der Waals surface area contributed by atoms with Crippen LogP contribution in [0.25, 0.3) is 11.0 Å². The quantitative estimate of drug-likeness (QED) is 0.774. The van der Waals surface area contributed by atoms with Gasteiger partial charge in [0.1, 0.15) is 11.6 Å². The maximum absolute atomic E-state index is 4.50. The first kappa shape index (κ1) is 11.5. The highest BCUT2D eigenvalue weighted by atomic mass is 15.0. The largest absolute Gasteiger partial charge is 0.363 e. The predicted octanol–water partition coefficient (Wildman–Crippen LogP) is 2.34. The lowest BCUT2D eigenvalue weighted by molar-refractivity contribution is 0.950. The molecule has 1 aromatic carbocycles. The van der Waals surface area contributed by atoms with Crippen molar-refractivity contribution in [3.05, 3.63) is 54.2 Å². The monoisotopic (exact) mass is 251 g/mol. The number of aromatic nitrogens is 4. The van der Waals surface area contributed by atoms with Gasteiger partial charge < -0.3 is 5.32 Å². The average molecular weight is 251 g/mol. The van der Waals surface area contributed by atoms with Crippen molar-refractivity contribution in [2.24, 2.45) is 0 Å². The van der Waals surface area contributed by atoms with E-state index in [1.54, 1.807) is 12.4 Å². The lowest BCUT2D eigenvalue weighted by Crippen LogP contribution is -2.05. The van der Waals surface area contributed by atoms with E-state index in [-0.39, 0.29) is 0 Å². The summed E-state index contributed by atoms with van der Waals surface area (Å²) in [6.45, 7) is 2.48. The van der Waals surface area contributed by atoms with Crippen molar-refractivity contribution < 1.29 is 0 Å². The molecule has 19 heavy (non-hydrogen) atoms. The fourth-order valence-corrected chi connectivity index (χ4v) is 1.83. The van der Waals surface area contributed by atoms with Crippen LogP contribution in [0.2, 0.25) is 0 Å². The van der Waals surface area contributed by atoms with E-state index >= 15 is 0 Å². The first-order valence-corrected chi connectivity index (χ1v) is 6.05. The lowest BCUT2D eigenvalue weighted by atomic mass is 10.3. The highest BCUT2D eigenvalue weighted by Crippen LogP contribution is 2.11. The second kappa shape index (κ2) is 4.97. The molecule has 0 aliphatic heterocycles. The minimum Gasteiger partial charge on any atom is -0.363 e. The zero-order valence-electron chi connectivity index (χ0n) is 10.5. The van der Waals surface area contributed by atoms with Gasteiger partial charge in [0.25, 0.3) is 0 Å². The van der Waals surface area contributed by atoms with E-state index in [4.69, 9.17) is 0 Å². The smallest absolute Gasteiger partial charge is 0.145 e. The second-order valence-corrected chi connectivity index (χ2v) is 4.19. The molecule has 3 rings (SSSR count). The SMILES string of the molecule is Cc1nccc(CNc2cnc3ccccc3n2)n1. The molecular formula is C14H13N5. The number of hydrogen-bond acceptors (Lipinski definition) is 5. The Bertz CT molecular complexity index is 711. The molecule has 0 saturated heterocycles. The third kappa shape index (κ3) is 2.65. The summed E-state index contributed by atoms with van der Waals surface area (Å²) in [5.74, 6) is 1.51. The molecule has 3 aromatic rings. The summed E-state index contributed by atoms with van der Waals surface area (Å²) in [6, 6.07) is 9.68. The zero-order chi connectivity index (χ0) is 13.1. The van der Waals surface area contributed by atoms with Gasteiger partial charge >= 0.3 is 0 Å². The van der Waals surface area contributed by atoms with E-state index in [1.807, 2.05) is 37.3 Å². The molecule has 0 fully saturated rings. The maximum atomic E-state index is 4.50. The normalized spacial score (nSPS) is 10.6. The fraction of sp³-hybridized carbons (Fsp3) is 0.143. The van der Waals surface area contributed by atoms with Crippen LogP contribution in [-0.2, 0) is 6.54 Å². The highest BCUT2D eigenvalue weighted by molar-refractivity contribution is 5.75. The van der Waals surface area contributed by atoms with Crippen molar-refractivity contribution in [2.45, 2.75) is 13.5 Å². The Morgan fingerprint density at radius 2 is 1.84 bits per heavy atom. The van der Waals surface area contributed by atoms with Crippen molar-refractivity contribution in [1.29, 1.82) is 0 Å². The third-order valence-corrected chi connectivity index (χ3v) is 2.73. The molecule has 0 atom stereocenters. The molecular weight excluding hydrogens is 238 g/mol. The van der Waals surface area contributed by atoms with Gasteiger partial charge in [0.15, 0.2) is 0 Å². The fourth-order valence-electron chi connectivity index (χ4n) is 1.83. The molecule has 0 bridgehead atoms. The molecule has 0 unspecified atom stereocenters. The predicted molar refractivity (Wildman–Crippen MR) is 73.6 cm³/mol. The van der Waals surface area contributed by atoms with Crippen LogP contribution in [-0.4, -0.2) is 19.9 Å². The first-order chi connectivity index (χ1) is 9.31. The van der Waals surface area contributed by atoms with Gasteiger partial charge in [0, 0.05) is 6.20 Å². The van der Waals surface area contributed by atoms with Gasteiger partial charge in [0.2, 0.25) is 0 Å². The minimum absolute atomic E-state index is 0.608. The summed E-state index contributed by atoms with van der Waals surface area (Å²) in [6.07, 6.45) is 3.49. The number of anilines is 1. The van der Waals surface area contributed by atoms with Crippen LogP contribution in [0.4, 0.5) is 5.82 Å². The topological polar surface area (TPSA) is 63.6 Å². The number of hydrogen-bond donors (Lipinski definition) is 1. The summed E-state index contributed by atoms with van der Waals surface area (Å²) in [5, 5.41) is 3.22. The van der Waals surface area contributed by atoms with Gasteiger partial charge in [0.05, 0.1) is 29.5 Å². The number of rotatable bonds is 3. The van der Waals surface area contributed by atoms with Gasteiger partial charge in [-0.15, -0.1) is 0 Å². The third-order valence-electron chi connectivity index (χ3n) is 2.73. The highest BCUT2D eigenvalue weighted by Gasteiger charge is 2.00. The lowest BCUT2D eigenvalue weighted by Gasteiger charge is -2.06. The number of fused-ring (bicyclic) bond motifs is 1. The van der Waals surface area contributed by atoms with Crippen molar-refractivity contribution >= 4 is 16.9 Å². The van der Waals surface area contributed by atoms with Crippen molar-refractivity contribution in [3.63, 3.8) is 0 Å². The van der Waals surface area contributed by atoms with Crippen LogP contribution in [0.5, 0.6) is 0 Å². The van der Waals surface area contributed by atoms with Gasteiger partial charge in [-0.1, -0.05) is 12.1 Å². The van der Waals surface area contributed by atoms with Crippen LogP contribution in [0, 0.1) is 6.92 Å². The molecule has 0 radical (unpaired) electrons. The van der Waals surface area contributed by atoms with E-state index in [2.05, 4.69) is 25.3 Å². The summed E-state index contributed by atoms with van der Waals surface area (Å²) >= 11 is 0. The molecule has 0 amide bonds. The molecule has 5 heteroatoms. The summed E-state index contributed by atoms with van der Waals surface area (Å²) in [5.41, 5.74) is 2.71. The molecule has 94 valence electrons. The number of aryl methyl sites for hydroxylation is 1. The van der Waals surface area contributed by atoms with Crippen LogP contribution in [0.15, 0.2) is 42.7 Å². The Labute approximate surface area is 110 Å². The van der Waals surface area contributed by atoms with Gasteiger partial charge in [-0.3, -0.25) is 4.98 Å². The Kier molecular flexibility index (Phi) is 3.02.